The molecule has 0 bridgehead atoms. The van der Waals surface area contributed by atoms with Crippen molar-refractivity contribution in [2.45, 2.75) is 55.9 Å². The molecule has 7 heteroatoms. The van der Waals surface area contributed by atoms with E-state index in [-0.39, 0.29) is 0 Å². The Labute approximate surface area is 157 Å². The van der Waals surface area contributed by atoms with Crippen LogP contribution in [0, 0.1) is 6.92 Å². The van der Waals surface area contributed by atoms with Crippen molar-refractivity contribution in [2.24, 2.45) is 7.05 Å². The molecule has 1 saturated carbocycles. The first kappa shape index (κ1) is 17.3. The summed E-state index contributed by atoms with van der Waals surface area (Å²) in [5.74, 6) is 3.51. The van der Waals surface area contributed by atoms with E-state index in [0.717, 1.165) is 16.5 Å². The normalized spacial score (nSPS) is 15.5. The number of rotatable bonds is 5. The Balaban J connectivity index is 1.42. The third kappa shape index (κ3) is 3.67. The molecule has 4 rings (SSSR count). The topological polar surface area (TPSA) is 69.6 Å². The number of hydrogen-bond donors (Lipinski definition) is 0. The van der Waals surface area contributed by atoms with Crippen LogP contribution in [0.25, 0.3) is 11.5 Å². The lowest BCUT2D eigenvalue weighted by molar-refractivity contribution is 0.418. The summed E-state index contributed by atoms with van der Waals surface area (Å²) >= 11 is 1.60. The van der Waals surface area contributed by atoms with Gasteiger partial charge in [0.2, 0.25) is 0 Å². The summed E-state index contributed by atoms with van der Waals surface area (Å²) in [5.41, 5.74) is 2.12. The molecule has 136 valence electrons. The van der Waals surface area contributed by atoms with E-state index in [0.29, 0.717) is 23.4 Å². The van der Waals surface area contributed by atoms with Gasteiger partial charge in [-0.2, -0.15) is 4.98 Å². The molecular formula is C19H23N5OS. The highest BCUT2D eigenvalue weighted by Gasteiger charge is 2.22. The Morgan fingerprint density at radius 1 is 1.19 bits per heavy atom. The molecule has 0 N–H and O–H groups in total. The van der Waals surface area contributed by atoms with Gasteiger partial charge in [0, 0.05) is 18.5 Å². The third-order valence-corrected chi connectivity index (χ3v) is 5.92. The fourth-order valence-corrected chi connectivity index (χ4v) is 4.27. The van der Waals surface area contributed by atoms with Crippen molar-refractivity contribution in [1.29, 1.82) is 0 Å². The quantitative estimate of drug-likeness (QED) is 0.616. The van der Waals surface area contributed by atoms with Crippen molar-refractivity contribution in [3.8, 4) is 11.5 Å². The minimum Gasteiger partial charge on any atom is -0.334 e. The molecule has 2 heterocycles. The number of aryl methyl sites for hydroxylation is 1. The van der Waals surface area contributed by atoms with Crippen LogP contribution >= 0.6 is 11.8 Å². The van der Waals surface area contributed by atoms with E-state index in [2.05, 4.69) is 44.9 Å². The van der Waals surface area contributed by atoms with Crippen molar-refractivity contribution in [2.75, 3.05) is 0 Å². The van der Waals surface area contributed by atoms with Gasteiger partial charge < -0.3 is 9.09 Å². The summed E-state index contributed by atoms with van der Waals surface area (Å²) in [7, 11) is 2.06. The molecule has 3 aromatic rings. The Morgan fingerprint density at radius 3 is 2.85 bits per heavy atom. The molecule has 1 fully saturated rings. The Bertz CT molecular complexity index is 882. The number of nitrogens with zero attached hydrogens (tertiary/aromatic N) is 5. The molecule has 0 spiro atoms. The first-order valence-corrected chi connectivity index (χ1v) is 10.1. The summed E-state index contributed by atoms with van der Waals surface area (Å²) in [6.45, 7) is 2.05. The van der Waals surface area contributed by atoms with Gasteiger partial charge in [-0.3, -0.25) is 0 Å². The molecule has 0 atom stereocenters. The largest absolute Gasteiger partial charge is 0.334 e. The number of hydrogen-bond acceptors (Lipinski definition) is 6. The second-order valence-electron chi connectivity index (χ2n) is 6.91. The molecule has 0 amide bonds. The van der Waals surface area contributed by atoms with Gasteiger partial charge in [-0.1, -0.05) is 53.9 Å². The van der Waals surface area contributed by atoms with Crippen LogP contribution in [0.15, 0.2) is 33.9 Å². The van der Waals surface area contributed by atoms with E-state index in [4.69, 9.17) is 4.52 Å². The summed E-state index contributed by atoms with van der Waals surface area (Å²) in [5, 5.41) is 13.8. The lowest BCUT2D eigenvalue weighted by Gasteiger charge is -2.20. The van der Waals surface area contributed by atoms with Crippen LogP contribution in [0.4, 0.5) is 0 Å². The van der Waals surface area contributed by atoms with Crippen molar-refractivity contribution in [1.82, 2.24) is 24.9 Å². The average Bonchev–Trinajstić information content (AvgIpc) is 3.28. The van der Waals surface area contributed by atoms with E-state index in [9.17, 15) is 0 Å². The number of thioether (sulfide) groups is 1. The Morgan fingerprint density at radius 2 is 2.04 bits per heavy atom. The molecule has 1 aliphatic rings. The van der Waals surface area contributed by atoms with Crippen molar-refractivity contribution < 1.29 is 4.52 Å². The lowest BCUT2D eigenvalue weighted by Crippen LogP contribution is -2.10. The van der Waals surface area contributed by atoms with Gasteiger partial charge in [-0.25, -0.2) is 0 Å². The van der Waals surface area contributed by atoms with Crippen LogP contribution in [0.3, 0.4) is 0 Å². The van der Waals surface area contributed by atoms with Gasteiger partial charge in [-0.05, 0) is 31.9 Å². The highest BCUT2D eigenvalue weighted by atomic mass is 32.2. The fraction of sp³-hybridized carbons (Fsp3) is 0.474. The summed E-state index contributed by atoms with van der Waals surface area (Å²) in [6, 6.07) is 8.07. The summed E-state index contributed by atoms with van der Waals surface area (Å²) in [4.78, 5) is 4.51. The van der Waals surface area contributed by atoms with Crippen LogP contribution in [0.1, 0.15) is 55.2 Å². The maximum atomic E-state index is 5.41. The van der Waals surface area contributed by atoms with Crippen LogP contribution in [-0.2, 0) is 12.8 Å². The van der Waals surface area contributed by atoms with Gasteiger partial charge in [0.05, 0.1) is 5.75 Å². The number of benzene rings is 1. The van der Waals surface area contributed by atoms with Crippen molar-refractivity contribution in [3.05, 3.63) is 41.5 Å². The Hall–Kier alpha value is -2.15. The summed E-state index contributed by atoms with van der Waals surface area (Å²) in [6.07, 6.45) is 6.38. The van der Waals surface area contributed by atoms with E-state index in [1.54, 1.807) is 11.8 Å². The maximum Gasteiger partial charge on any atom is 0.257 e. The molecular weight excluding hydrogens is 346 g/mol. The van der Waals surface area contributed by atoms with E-state index < -0.39 is 0 Å². The predicted octanol–water partition coefficient (Wildman–Crippen LogP) is 4.51. The molecule has 0 radical (unpaired) electrons. The number of aromatic nitrogens is 5. The molecule has 0 unspecified atom stereocenters. The van der Waals surface area contributed by atoms with Gasteiger partial charge in [0.15, 0.2) is 11.0 Å². The molecule has 1 aromatic carbocycles. The molecule has 2 aromatic heterocycles. The van der Waals surface area contributed by atoms with Crippen molar-refractivity contribution >= 4 is 11.8 Å². The van der Waals surface area contributed by atoms with Crippen LogP contribution in [-0.4, -0.2) is 24.9 Å². The van der Waals surface area contributed by atoms with Gasteiger partial charge >= 0.3 is 0 Å². The highest BCUT2D eigenvalue weighted by Crippen LogP contribution is 2.33. The zero-order chi connectivity index (χ0) is 17.9. The van der Waals surface area contributed by atoms with E-state index >= 15 is 0 Å². The molecule has 6 nitrogen and oxygen atoms in total. The van der Waals surface area contributed by atoms with E-state index in [1.165, 1.54) is 37.7 Å². The standard InChI is InChI=1S/C19H23N5OS/c1-13-7-6-10-15(11-13)18-20-16(23-25-18)12-26-19-22-21-17(24(19)2)14-8-4-3-5-9-14/h6-7,10-11,14H,3-5,8-9,12H2,1-2H3. The predicted molar refractivity (Wildman–Crippen MR) is 101 cm³/mol. The maximum absolute atomic E-state index is 5.41. The van der Waals surface area contributed by atoms with Crippen LogP contribution < -0.4 is 0 Å². The summed E-state index contributed by atoms with van der Waals surface area (Å²) < 4.78 is 7.53. The Kier molecular flexibility index (Phi) is 5.06. The smallest absolute Gasteiger partial charge is 0.257 e. The molecule has 26 heavy (non-hydrogen) atoms. The second-order valence-corrected chi connectivity index (χ2v) is 7.85. The van der Waals surface area contributed by atoms with Crippen molar-refractivity contribution in [3.63, 3.8) is 0 Å². The highest BCUT2D eigenvalue weighted by molar-refractivity contribution is 7.98. The first-order chi connectivity index (χ1) is 12.7. The first-order valence-electron chi connectivity index (χ1n) is 9.12. The zero-order valence-electron chi connectivity index (χ0n) is 15.2. The van der Waals surface area contributed by atoms with Crippen LogP contribution in [0.2, 0.25) is 0 Å². The third-order valence-electron chi connectivity index (χ3n) is 4.90. The minimum atomic E-state index is 0.550. The lowest BCUT2D eigenvalue weighted by atomic mass is 9.89. The molecule has 0 saturated heterocycles. The van der Waals surface area contributed by atoms with Gasteiger partial charge in [0.25, 0.3) is 5.89 Å². The van der Waals surface area contributed by atoms with Crippen LogP contribution in [0.5, 0.6) is 0 Å². The second kappa shape index (κ2) is 7.61. The molecule has 1 aliphatic carbocycles. The minimum absolute atomic E-state index is 0.550. The molecule has 0 aliphatic heterocycles. The zero-order valence-corrected chi connectivity index (χ0v) is 16.0. The van der Waals surface area contributed by atoms with E-state index in [1.807, 2.05) is 18.2 Å². The average molecular weight is 369 g/mol. The van der Waals surface area contributed by atoms with Gasteiger partial charge in [-0.15, -0.1) is 10.2 Å². The van der Waals surface area contributed by atoms with Gasteiger partial charge in [0.1, 0.15) is 5.82 Å². The monoisotopic (exact) mass is 369 g/mol. The SMILES string of the molecule is Cc1cccc(-c2nc(CSc3nnc(C4CCCCC4)n3C)no2)c1. The fourth-order valence-electron chi connectivity index (χ4n) is 3.51.